The van der Waals surface area contributed by atoms with Crippen molar-refractivity contribution in [2.75, 3.05) is 0 Å². The molecule has 178 valence electrons. The summed E-state index contributed by atoms with van der Waals surface area (Å²) < 4.78 is 2.47. The van der Waals surface area contributed by atoms with E-state index in [2.05, 4.69) is 78.9 Å². The lowest BCUT2D eigenvalue weighted by atomic mass is 9.90. The quantitative estimate of drug-likeness (QED) is 0.421. The molecule has 2 fully saturated rings. The molecule has 5 rings (SSSR count). The fourth-order valence-electron chi connectivity index (χ4n) is 6.21. The van der Waals surface area contributed by atoms with Gasteiger partial charge in [-0.15, -0.1) is 0 Å². The highest BCUT2D eigenvalue weighted by Gasteiger charge is 2.44. The van der Waals surface area contributed by atoms with Gasteiger partial charge in [0.25, 0.3) is 0 Å². The monoisotopic (exact) mass is 472 g/mol. The van der Waals surface area contributed by atoms with Gasteiger partial charge in [-0.3, -0.25) is 4.98 Å². The zero-order chi connectivity index (χ0) is 23.8. The van der Waals surface area contributed by atoms with Gasteiger partial charge in [0, 0.05) is 23.6 Å². The summed E-state index contributed by atoms with van der Waals surface area (Å²) in [6, 6.07) is 15.9. The fourth-order valence-corrected chi connectivity index (χ4v) is 6.60. The molecule has 1 aliphatic carbocycles. The number of nitrogens with zero attached hydrogens (tertiary/aromatic N) is 3. The highest BCUT2D eigenvalue weighted by molar-refractivity contribution is 7.80. The Morgan fingerprint density at radius 1 is 1.03 bits per heavy atom. The second-order valence-corrected chi connectivity index (χ2v) is 10.3. The molecule has 2 aromatic heterocycles. The standard InChI is InChI=1S/C29H36N4S/c1-5-22-13-11-12-19(2)27(22)32-20(3)18-24(21(32)4)28-26(25-16-9-10-17-30-25)31-29(34)33(28)23-14-7-6-8-15-23/h9-13,16-18,23,26,28H,5-8,14-15H2,1-4H3,(H,31,34)/t26-,28+/m0/s1. The van der Waals surface area contributed by atoms with Crippen LogP contribution in [-0.4, -0.2) is 25.6 Å². The second kappa shape index (κ2) is 9.53. The first-order valence-corrected chi connectivity index (χ1v) is 13.2. The van der Waals surface area contributed by atoms with Crippen molar-refractivity contribution in [3.05, 3.63) is 82.4 Å². The second-order valence-electron chi connectivity index (χ2n) is 9.92. The minimum absolute atomic E-state index is 0.0482. The third-order valence-corrected chi connectivity index (χ3v) is 8.15. The van der Waals surface area contributed by atoms with Crippen molar-refractivity contribution in [1.82, 2.24) is 19.8 Å². The lowest BCUT2D eigenvalue weighted by Gasteiger charge is -2.37. The number of thiocarbonyl (C=S) groups is 1. The normalized spacial score (nSPS) is 21.2. The summed E-state index contributed by atoms with van der Waals surface area (Å²) in [6.07, 6.45) is 9.24. The number of aromatic nitrogens is 2. The summed E-state index contributed by atoms with van der Waals surface area (Å²) in [5.74, 6) is 0. The molecule has 0 amide bonds. The van der Waals surface area contributed by atoms with E-state index in [0.29, 0.717) is 6.04 Å². The Bertz CT molecular complexity index is 1180. The van der Waals surface area contributed by atoms with Crippen molar-refractivity contribution >= 4 is 17.3 Å². The topological polar surface area (TPSA) is 33.1 Å². The molecule has 34 heavy (non-hydrogen) atoms. The number of rotatable bonds is 5. The van der Waals surface area contributed by atoms with Crippen molar-refractivity contribution in [1.29, 1.82) is 0 Å². The first kappa shape index (κ1) is 23.1. The van der Waals surface area contributed by atoms with Gasteiger partial charge < -0.3 is 14.8 Å². The Kier molecular flexibility index (Phi) is 6.48. The summed E-state index contributed by atoms with van der Waals surface area (Å²) >= 11 is 5.99. The number of pyridine rings is 1. The van der Waals surface area contributed by atoms with E-state index in [1.807, 2.05) is 12.3 Å². The molecule has 3 aromatic rings. The predicted octanol–water partition coefficient (Wildman–Crippen LogP) is 6.67. The maximum atomic E-state index is 5.99. The Hall–Kier alpha value is -2.66. The van der Waals surface area contributed by atoms with Crippen LogP contribution in [0.2, 0.25) is 0 Å². The first-order valence-electron chi connectivity index (χ1n) is 12.8. The molecule has 1 aliphatic heterocycles. The third kappa shape index (κ3) is 3.94. The molecule has 5 heteroatoms. The van der Waals surface area contributed by atoms with Crippen LogP contribution in [0.25, 0.3) is 5.69 Å². The maximum absolute atomic E-state index is 5.99. The Morgan fingerprint density at radius 2 is 1.82 bits per heavy atom. The Morgan fingerprint density at radius 3 is 2.53 bits per heavy atom. The van der Waals surface area contributed by atoms with Crippen molar-refractivity contribution in [2.45, 2.75) is 84.3 Å². The third-order valence-electron chi connectivity index (χ3n) is 7.82. The summed E-state index contributed by atoms with van der Waals surface area (Å²) in [7, 11) is 0. The Labute approximate surface area is 209 Å². The van der Waals surface area contributed by atoms with Gasteiger partial charge in [0.2, 0.25) is 0 Å². The molecule has 2 atom stereocenters. The van der Waals surface area contributed by atoms with Gasteiger partial charge >= 0.3 is 0 Å². The average molecular weight is 473 g/mol. The van der Waals surface area contributed by atoms with Gasteiger partial charge in [-0.25, -0.2) is 0 Å². The number of aryl methyl sites for hydroxylation is 3. The number of benzene rings is 1. The van der Waals surface area contributed by atoms with Crippen LogP contribution in [0.4, 0.5) is 0 Å². The van der Waals surface area contributed by atoms with Crippen LogP contribution in [0.1, 0.15) is 84.9 Å². The van der Waals surface area contributed by atoms with E-state index < -0.39 is 0 Å². The lowest BCUT2D eigenvalue weighted by Crippen LogP contribution is -2.40. The van der Waals surface area contributed by atoms with Crippen LogP contribution >= 0.6 is 12.2 Å². The summed E-state index contributed by atoms with van der Waals surface area (Å²) in [6.45, 7) is 8.99. The van der Waals surface area contributed by atoms with Crippen LogP contribution in [0, 0.1) is 20.8 Å². The van der Waals surface area contributed by atoms with Crippen molar-refractivity contribution in [2.24, 2.45) is 0 Å². The number of nitrogens with one attached hydrogen (secondary N) is 1. The number of para-hydroxylation sites is 1. The molecule has 4 nitrogen and oxygen atoms in total. The molecule has 1 N–H and O–H groups in total. The summed E-state index contributed by atoms with van der Waals surface area (Å²) in [4.78, 5) is 7.28. The molecule has 3 heterocycles. The van der Waals surface area contributed by atoms with E-state index >= 15 is 0 Å². The van der Waals surface area contributed by atoms with E-state index in [1.165, 1.54) is 65.9 Å². The van der Waals surface area contributed by atoms with Gasteiger partial charge in [0.15, 0.2) is 5.11 Å². The Balaban J connectivity index is 1.66. The smallest absolute Gasteiger partial charge is 0.170 e. The molecular formula is C29H36N4S. The van der Waals surface area contributed by atoms with Gasteiger partial charge in [-0.1, -0.05) is 50.5 Å². The molecule has 0 unspecified atom stereocenters. The minimum atomic E-state index is 0.0482. The molecule has 0 spiro atoms. The van der Waals surface area contributed by atoms with Crippen molar-refractivity contribution in [3.8, 4) is 5.69 Å². The molecular weight excluding hydrogens is 436 g/mol. The van der Waals surface area contributed by atoms with E-state index in [1.54, 1.807) is 0 Å². The summed E-state index contributed by atoms with van der Waals surface area (Å²) in [5.41, 5.74) is 9.03. The van der Waals surface area contributed by atoms with Crippen molar-refractivity contribution < 1.29 is 0 Å². The number of hydrogen-bond donors (Lipinski definition) is 1. The van der Waals surface area contributed by atoms with Gasteiger partial charge in [0.1, 0.15) is 0 Å². The molecule has 1 saturated carbocycles. The SMILES string of the molecule is CCc1cccc(C)c1-n1c(C)cc([C@@H]2[C@H](c3ccccn3)NC(=S)N2C2CCCCC2)c1C. The van der Waals surface area contributed by atoms with Crippen molar-refractivity contribution in [3.63, 3.8) is 0 Å². The van der Waals surface area contributed by atoms with E-state index in [-0.39, 0.29) is 12.1 Å². The lowest BCUT2D eigenvalue weighted by molar-refractivity contribution is 0.197. The van der Waals surface area contributed by atoms with E-state index in [4.69, 9.17) is 17.2 Å². The zero-order valence-electron chi connectivity index (χ0n) is 20.8. The van der Waals surface area contributed by atoms with Crippen LogP contribution in [0.5, 0.6) is 0 Å². The van der Waals surface area contributed by atoms with E-state index in [0.717, 1.165) is 17.2 Å². The van der Waals surface area contributed by atoms with Gasteiger partial charge in [-0.2, -0.15) is 0 Å². The molecule has 0 bridgehead atoms. The largest absolute Gasteiger partial charge is 0.352 e. The first-order chi connectivity index (χ1) is 16.5. The van der Waals surface area contributed by atoms with Gasteiger partial charge in [-0.05, 0) is 87.1 Å². The highest BCUT2D eigenvalue weighted by atomic mass is 32.1. The average Bonchev–Trinajstić information content (AvgIpc) is 3.35. The van der Waals surface area contributed by atoms with Gasteiger partial charge in [0.05, 0.1) is 23.5 Å². The predicted molar refractivity (Wildman–Crippen MR) is 144 cm³/mol. The number of hydrogen-bond acceptors (Lipinski definition) is 2. The maximum Gasteiger partial charge on any atom is 0.170 e. The summed E-state index contributed by atoms with van der Waals surface area (Å²) in [5, 5.41) is 4.56. The fraction of sp³-hybridized carbons (Fsp3) is 0.448. The highest BCUT2D eigenvalue weighted by Crippen LogP contribution is 2.44. The molecule has 0 radical (unpaired) electrons. The molecule has 1 aromatic carbocycles. The van der Waals surface area contributed by atoms with Crippen LogP contribution in [0.3, 0.4) is 0 Å². The minimum Gasteiger partial charge on any atom is -0.352 e. The zero-order valence-corrected chi connectivity index (χ0v) is 21.7. The van der Waals surface area contributed by atoms with Crippen LogP contribution < -0.4 is 5.32 Å². The van der Waals surface area contributed by atoms with Crippen LogP contribution in [0.15, 0.2) is 48.7 Å². The van der Waals surface area contributed by atoms with E-state index in [9.17, 15) is 0 Å². The molecule has 1 saturated heterocycles. The van der Waals surface area contributed by atoms with Crippen LogP contribution in [-0.2, 0) is 6.42 Å². The molecule has 2 aliphatic rings.